The highest BCUT2D eigenvalue weighted by molar-refractivity contribution is 7.85. The molecule has 2 fully saturated rings. The highest BCUT2D eigenvalue weighted by Gasteiger charge is 2.24. The van der Waals surface area contributed by atoms with E-state index in [1.165, 1.54) is 19.4 Å². The Balaban J connectivity index is 1.82. The van der Waals surface area contributed by atoms with Crippen LogP contribution in [0, 0.1) is 0 Å². The van der Waals surface area contributed by atoms with E-state index in [0.717, 1.165) is 31.1 Å². The molecule has 2 rings (SSSR count). The number of piperidine rings is 1. The summed E-state index contributed by atoms with van der Waals surface area (Å²) in [7, 11) is -0.527. The zero-order valence-electron chi connectivity index (χ0n) is 8.00. The highest BCUT2D eigenvalue weighted by Crippen LogP contribution is 2.12. The fourth-order valence-corrected chi connectivity index (χ4v) is 3.24. The summed E-state index contributed by atoms with van der Waals surface area (Å²) in [6.07, 6.45) is 2.61. The fraction of sp³-hybridized carbons (Fsp3) is 1.00. The molecule has 0 aliphatic carbocycles. The maximum Gasteiger partial charge on any atom is 0.0363 e. The van der Waals surface area contributed by atoms with E-state index in [9.17, 15) is 4.21 Å². The van der Waals surface area contributed by atoms with Gasteiger partial charge in [0.25, 0.3) is 0 Å². The third-order valence-electron chi connectivity index (χ3n) is 3.00. The first-order valence-electron chi connectivity index (χ1n) is 5.16. The SMILES string of the molecule is O=S1CCN(C2CCCNC2)CC1. The van der Waals surface area contributed by atoms with Gasteiger partial charge in [-0.15, -0.1) is 0 Å². The summed E-state index contributed by atoms with van der Waals surface area (Å²) in [6.45, 7) is 4.39. The maximum atomic E-state index is 11.2. The van der Waals surface area contributed by atoms with Crippen molar-refractivity contribution in [3.63, 3.8) is 0 Å². The zero-order valence-corrected chi connectivity index (χ0v) is 8.81. The first-order valence-corrected chi connectivity index (χ1v) is 6.65. The van der Waals surface area contributed by atoms with E-state index in [-0.39, 0.29) is 0 Å². The monoisotopic (exact) mass is 202 g/mol. The molecule has 0 radical (unpaired) electrons. The van der Waals surface area contributed by atoms with Crippen molar-refractivity contribution in [2.24, 2.45) is 0 Å². The van der Waals surface area contributed by atoms with Crippen LogP contribution in [0.15, 0.2) is 0 Å². The minimum absolute atomic E-state index is 0.527. The molecule has 0 amide bonds. The van der Waals surface area contributed by atoms with Gasteiger partial charge in [0.1, 0.15) is 0 Å². The second-order valence-corrected chi connectivity index (χ2v) is 5.58. The van der Waals surface area contributed by atoms with Crippen molar-refractivity contribution in [1.82, 2.24) is 10.2 Å². The number of hydrogen-bond acceptors (Lipinski definition) is 3. The lowest BCUT2D eigenvalue weighted by Crippen LogP contribution is -2.50. The summed E-state index contributed by atoms with van der Waals surface area (Å²) in [6, 6.07) is 0.714. The Kier molecular flexibility index (Phi) is 3.35. The molecule has 0 saturated carbocycles. The van der Waals surface area contributed by atoms with E-state index in [1.54, 1.807) is 0 Å². The molecule has 1 atom stereocenters. The van der Waals surface area contributed by atoms with Crippen LogP contribution in [0.3, 0.4) is 0 Å². The summed E-state index contributed by atoms with van der Waals surface area (Å²) >= 11 is 0. The Hall–Kier alpha value is 0.0700. The van der Waals surface area contributed by atoms with Gasteiger partial charge in [0, 0.05) is 48.0 Å². The van der Waals surface area contributed by atoms with Gasteiger partial charge in [-0.05, 0) is 19.4 Å². The van der Waals surface area contributed by atoms with Crippen molar-refractivity contribution in [3.05, 3.63) is 0 Å². The van der Waals surface area contributed by atoms with Crippen LogP contribution >= 0.6 is 0 Å². The van der Waals surface area contributed by atoms with Gasteiger partial charge in [0.15, 0.2) is 0 Å². The lowest BCUT2D eigenvalue weighted by atomic mass is 10.1. The summed E-state index contributed by atoms with van der Waals surface area (Å²) < 4.78 is 11.2. The van der Waals surface area contributed by atoms with Crippen LogP contribution in [0.2, 0.25) is 0 Å². The molecule has 0 bridgehead atoms. The molecule has 1 N–H and O–H groups in total. The van der Waals surface area contributed by atoms with Crippen LogP contribution in [-0.4, -0.2) is 52.8 Å². The number of nitrogens with zero attached hydrogens (tertiary/aromatic N) is 1. The predicted octanol–water partition coefficient (Wildman–Crippen LogP) is -0.197. The van der Waals surface area contributed by atoms with Gasteiger partial charge in [0.05, 0.1) is 0 Å². The molecular formula is C9H18N2OS. The van der Waals surface area contributed by atoms with Crippen molar-refractivity contribution in [1.29, 1.82) is 0 Å². The van der Waals surface area contributed by atoms with Crippen LogP contribution in [0.5, 0.6) is 0 Å². The summed E-state index contributed by atoms with van der Waals surface area (Å²) in [5.74, 6) is 1.77. The first kappa shape index (κ1) is 9.62. The number of rotatable bonds is 1. The Morgan fingerprint density at radius 3 is 2.69 bits per heavy atom. The molecule has 2 aliphatic rings. The van der Waals surface area contributed by atoms with E-state index in [0.29, 0.717) is 6.04 Å². The molecule has 4 heteroatoms. The molecule has 0 aromatic heterocycles. The fourth-order valence-electron chi connectivity index (χ4n) is 2.16. The number of nitrogens with one attached hydrogen (secondary N) is 1. The van der Waals surface area contributed by atoms with Crippen LogP contribution in [-0.2, 0) is 10.8 Å². The van der Waals surface area contributed by atoms with Crippen LogP contribution in [0.1, 0.15) is 12.8 Å². The van der Waals surface area contributed by atoms with Crippen LogP contribution in [0.4, 0.5) is 0 Å². The standard InChI is InChI=1S/C9H18N2OS/c12-13-6-4-11(5-7-13)9-2-1-3-10-8-9/h9-10H,1-8H2. The molecule has 13 heavy (non-hydrogen) atoms. The lowest BCUT2D eigenvalue weighted by Gasteiger charge is -2.36. The van der Waals surface area contributed by atoms with Gasteiger partial charge in [-0.25, -0.2) is 0 Å². The third kappa shape index (κ3) is 2.51. The first-order chi connectivity index (χ1) is 6.36. The highest BCUT2D eigenvalue weighted by atomic mass is 32.2. The van der Waals surface area contributed by atoms with Gasteiger partial charge < -0.3 is 5.32 Å². The smallest absolute Gasteiger partial charge is 0.0363 e. The van der Waals surface area contributed by atoms with Gasteiger partial charge >= 0.3 is 0 Å². The lowest BCUT2D eigenvalue weighted by molar-refractivity contribution is 0.180. The third-order valence-corrected chi connectivity index (χ3v) is 4.28. The topological polar surface area (TPSA) is 32.3 Å². The van der Waals surface area contributed by atoms with E-state index < -0.39 is 10.8 Å². The van der Waals surface area contributed by atoms with Gasteiger partial charge in [0.2, 0.25) is 0 Å². The quantitative estimate of drug-likeness (QED) is 0.639. The molecule has 0 aromatic carbocycles. The molecule has 2 saturated heterocycles. The molecule has 2 heterocycles. The molecule has 76 valence electrons. The molecule has 0 aromatic rings. The van der Waals surface area contributed by atoms with Gasteiger partial charge in [-0.1, -0.05) is 0 Å². The Morgan fingerprint density at radius 2 is 2.08 bits per heavy atom. The summed E-state index contributed by atoms with van der Waals surface area (Å²) in [5.41, 5.74) is 0. The molecular weight excluding hydrogens is 184 g/mol. The average molecular weight is 202 g/mol. The van der Waals surface area contributed by atoms with Crippen molar-refractivity contribution < 1.29 is 4.21 Å². The van der Waals surface area contributed by atoms with Crippen molar-refractivity contribution in [2.75, 3.05) is 37.7 Å². The molecule has 1 unspecified atom stereocenters. The largest absolute Gasteiger partial charge is 0.315 e. The van der Waals surface area contributed by atoms with Gasteiger partial charge in [-0.3, -0.25) is 9.11 Å². The molecule has 3 nitrogen and oxygen atoms in total. The number of hydrogen-bond donors (Lipinski definition) is 1. The second kappa shape index (κ2) is 4.53. The van der Waals surface area contributed by atoms with E-state index in [4.69, 9.17) is 0 Å². The Bertz CT molecular complexity index is 182. The molecule has 0 spiro atoms. The van der Waals surface area contributed by atoms with Crippen LogP contribution in [0.25, 0.3) is 0 Å². The Labute approximate surface area is 82.3 Å². The van der Waals surface area contributed by atoms with Crippen molar-refractivity contribution >= 4 is 10.8 Å². The minimum atomic E-state index is -0.527. The zero-order chi connectivity index (χ0) is 9.10. The molecule has 2 aliphatic heterocycles. The van der Waals surface area contributed by atoms with E-state index in [1.807, 2.05) is 0 Å². The Morgan fingerprint density at radius 1 is 1.31 bits per heavy atom. The predicted molar refractivity (Wildman–Crippen MR) is 55.3 cm³/mol. The maximum absolute atomic E-state index is 11.2. The van der Waals surface area contributed by atoms with Gasteiger partial charge in [-0.2, -0.15) is 0 Å². The summed E-state index contributed by atoms with van der Waals surface area (Å²) in [4.78, 5) is 2.51. The van der Waals surface area contributed by atoms with Crippen LogP contribution < -0.4 is 5.32 Å². The van der Waals surface area contributed by atoms with Crippen molar-refractivity contribution in [2.45, 2.75) is 18.9 Å². The van der Waals surface area contributed by atoms with Crippen molar-refractivity contribution in [3.8, 4) is 0 Å². The normalized spacial score (nSPS) is 33.4. The summed E-state index contributed by atoms with van der Waals surface area (Å²) in [5, 5.41) is 3.43. The second-order valence-electron chi connectivity index (χ2n) is 3.88. The average Bonchev–Trinajstić information content (AvgIpc) is 2.20. The minimum Gasteiger partial charge on any atom is -0.315 e. The van der Waals surface area contributed by atoms with E-state index >= 15 is 0 Å². The van der Waals surface area contributed by atoms with E-state index in [2.05, 4.69) is 10.2 Å².